The quantitative estimate of drug-likeness (QED) is 0.461. The Bertz CT molecular complexity index is 1220. The van der Waals surface area contributed by atoms with E-state index in [4.69, 9.17) is 24.4 Å². The number of hydrogen-bond donors (Lipinski definition) is 1. The number of carbonyl (C=O) groups excluding carboxylic acids is 3. The number of nitrogens with zero attached hydrogens (tertiary/aromatic N) is 3. The zero-order valence-electron chi connectivity index (χ0n) is 21.7. The van der Waals surface area contributed by atoms with Crippen molar-refractivity contribution in [2.24, 2.45) is 11.7 Å². The minimum atomic E-state index is -3.04. The van der Waals surface area contributed by atoms with Gasteiger partial charge in [0.25, 0.3) is 5.91 Å². The highest BCUT2D eigenvalue weighted by molar-refractivity contribution is 5.95. The molecule has 2 fully saturated rings. The van der Waals surface area contributed by atoms with E-state index in [1.54, 1.807) is 6.92 Å². The van der Waals surface area contributed by atoms with Crippen LogP contribution in [-0.2, 0) is 14.3 Å². The number of piperazine rings is 1. The molecule has 212 valence electrons. The summed E-state index contributed by atoms with van der Waals surface area (Å²) < 4.78 is 51.5. The predicted molar refractivity (Wildman–Crippen MR) is 130 cm³/mol. The first kappa shape index (κ1) is 28.1. The normalized spacial score (nSPS) is 18.1. The molecule has 2 N–H and O–H groups in total. The van der Waals surface area contributed by atoms with Gasteiger partial charge in [0, 0.05) is 18.7 Å². The first-order chi connectivity index (χ1) is 18.6. The van der Waals surface area contributed by atoms with Crippen molar-refractivity contribution in [3.05, 3.63) is 29.7 Å². The van der Waals surface area contributed by atoms with Gasteiger partial charge in [0.05, 0.1) is 33.4 Å². The molecule has 1 aliphatic heterocycles. The number of rotatable bonds is 9. The number of methoxy groups -OCH3 is 2. The fourth-order valence-electron chi connectivity index (χ4n) is 4.15. The minimum Gasteiger partial charge on any atom is -0.489 e. The van der Waals surface area contributed by atoms with Gasteiger partial charge in [0.1, 0.15) is 0 Å². The van der Waals surface area contributed by atoms with Crippen molar-refractivity contribution in [3.63, 3.8) is 0 Å². The number of hydrogen-bond acceptors (Lipinski definition) is 10. The lowest BCUT2D eigenvalue weighted by molar-refractivity contribution is -0.148. The molecule has 12 nitrogen and oxygen atoms in total. The topological polar surface area (TPSA) is 147 Å². The molecule has 0 bridgehead atoms. The molecule has 1 aliphatic carbocycles. The fraction of sp³-hybridized carbons (Fsp3) is 0.520. The summed E-state index contributed by atoms with van der Waals surface area (Å²) in [5.41, 5.74) is 6.34. The fourth-order valence-corrected chi connectivity index (χ4v) is 4.15. The smallest absolute Gasteiger partial charge is 0.410 e. The molecule has 0 spiro atoms. The molecule has 1 aromatic carbocycles. The summed E-state index contributed by atoms with van der Waals surface area (Å²) in [5, 5.41) is 0. The zero-order valence-corrected chi connectivity index (χ0v) is 21.7. The second-order valence-electron chi connectivity index (χ2n) is 9.27. The van der Waals surface area contributed by atoms with E-state index < -0.39 is 36.7 Å². The molecule has 4 rings (SSSR count). The molecular weight excluding hydrogens is 522 g/mol. The van der Waals surface area contributed by atoms with Crippen LogP contribution in [0.25, 0.3) is 11.5 Å². The third kappa shape index (κ3) is 6.38. The summed E-state index contributed by atoms with van der Waals surface area (Å²) in [6.07, 6.45) is 1.27. The molecule has 1 aromatic heterocycles. The number of halogens is 2. The molecule has 39 heavy (non-hydrogen) atoms. The summed E-state index contributed by atoms with van der Waals surface area (Å²) in [6.45, 7) is -1.15. The van der Waals surface area contributed by atoms with Crippen LogP contribution < -0.4 is 15.2 Å². The van der Waals surface area contributed by atoms with Gasteiger partial charge in [-0.1, -0.05) is 0 Å². The number of alkyl halides is 2. The number of amides is 2. The maximum absolute atomic E-state index is 13.5. The van der Waals surface area contributed by atoms with E-state index in [1.165, 1.54) is 42.2 Å². The SMILES string of the molecule is COC(=O)C1CN(C(=O)c2nc(-c3ccc(OC(F)F)c(OCC4CC4)c3)oc2[C@H](C)N)CCN1C(=O)OC. The Kier molecular flexibility index (Phi) is 8.53. The third-order valence-corrected chi connectivity index (χ3v) is 6.40. The van der Waals surface area contributed by atoms with Gasteiger partial charge >= 0.3 is 18.7 Å². The Morgan fingerprint density at radius 2 is 1.90 bits per heavy atom. The van der Waals surface area contributed by atoms with Gasteiger partial charge in [0.2, 0.25) is 5.89 Å². The number of aromatic nitrogens is 1. The summed E-state index contributed by atoms with van der Waals surface area (Å²) in [7, 11) is 2.37. The molecule has 1 saturated heterocycles. The maximum atomic E-state index is 13.5. The van der Waals surface area contributed by atoms with Gasteiger partial charge in [0.15, 0.2) is 29.0 Å². The second kappa shape index (κ2) is 11.8. The van der Waals surface area contributed by atoms with Gasteiger partial charge in [-0.15, -0.1) is 0 Å². The maximum Gasteiger partial charge on any atom is 0.410 e. The Morgan fingerprint density at radius 3 is 2.51 bits per heavy atom. The van der Waals surface area contributed by atoms with Crippen LogP contribution in [0.15, 0.2) is 22.6 Å². The van der Waals surface area contributed by atoms with Crippen molar-refractivity contribution >= 4 is 18.0 Å². The molecule has 2 heterocycles. The third-order valence-electron chi connectivity index (χ3n) is 6.40. The monoisotopic (exact) mass is 552 g/mol. The summed E-state index contributed by atoms with van der Waals surface area (Å²) in [4.78, 5) is 44.9. The Morgan fingerprint density at radius 1 is 1.15 bits per heavy atom. The molecule has 2 aromatic rings. The van der Waals surface area contributed by atoms with Crippen molar-refractivity contribution in [3.8, 4) is 23.0 Å². The number of esters is 1. The van der Waals surface area contributed by atoms with E-state index in [1.807, 2.05) is 0 Å². The van der Waals surface area contributed by atoms with Crippen LogP contribution in [0.3, 0.4) is 0 Å². The van der Waals surface area contributed by atoms with E-state index in [2.05, 4.69) is 9.72 Å². The lowest BCUT2D eigenvalue weighted by Crippen LogP contribution is -2.59. The molecule has 1 unspecified atom stereocenters. The molecule has 0 radical (unpaired) electrons. The van der Waals surface area contributed by atoms with E-state index in [0.29, 0.717) is 18.1 Å². The second-order valence-corrected chi connectivity index (χ2v) is 9.27. The average Bonchev–Trinajstić information content (AvgIpc) is 3.65. The summed E-state index contributed by atoms with van der Waals surface area (Å²) >= 11 is 0. The number of ether oxygens (including phenoxy) is 4. The first-order valence-electron chi connectivity index (χ1n) is 12.3. The first-order valence-corrected chi connectivity index (χ1v) is 12.3. The summed E-state index contributed by atoms with van der Waals surface area (Å²) in [6, 6.07) is 2.40. The average molecular weight is 553 g/mol. The van der Waals surface area contributed by atoms with Crippen molar-refractivity contribution < 1.29 is 46.5 Å². The number of carbonyl (C=O) groups is 3. The molecule has 2 amide bonds. The number of nitrogens with two attached hydrogens (primary N) is 1. The number of benzene rings is 1. The molecular formula is C25H30F2N4O8. The van der Waals surface area contributed by atoms with Crippen molar-refractivity contribution in [2.45, 2.75) is 38.5 Å². The van der Waals surface area contributed by atoms with Gasteiger partial charge in [-0.2, -0.15) is 8.78 Å². The van der Waals surface area contributed by atoms with Gasteiger partial charge in [-0.3, -0.25) is 9.69 Å². The van der Waals surface area contributed by atoms with Crippen molar-refractivity contribution in [2.75, 3.05) is 40.5 Å². The van der Waals surface area contributed by atoms with Crippen LogP contribution in [0.5, 0.6) is 11.5 Å². The molecule has 2 atom stereocenters. The van der Waals surface area contributed by atoms with Crippen LogP contribution >= 0.6 is 0 Å². The zero-order chi connectivity index (χ0) is 28.3. The largest absolute Gasteiger partial charge is 0.489 e. The summed E-state index contributed by atoms with van der Waals surface area (Å²) in [5.74, 6) is -0.863. The predicted octanol–water partition coefficient (Wildman–Crippen LogP) is 2.82. The molecule has 14 heteroatoms. The van der Waals surface area contributed by atoms with Crippen LogP contribution in [0.1, 0.15) is 42.1 Å². The van der Waals surface area contributed by atoms with E-state index in [9.17, 15) is 23.2 Å². The van der Waals surface area contributed by atoms with Gasteiger partial charge < -0.3 is 34.0 Å². The lowest BCUT2D eigenvalue weighted by Gasteiger charge is -2.38. The van der Waals surface area contributed by atoms with E-state index in [0.717, 1.165) is 12.8 Å². The van der Waals surface area contributed by atoms with E-state index in [-0.39, 0.29) is 48.5 Å². The Hall–Kier alpha value is -3.94. The van der Waals surface area contributed by atoms with Gasteiger partial charge in [-0.05, 0) is 43.9 Å². The lowest BCUT2D eigenvalue weighted by atomic mass is 10.1. The van der Waals surface area contributed by atoms with Crippen LogP contribution in [0, 0.1) is 5.92 Å². The molecule has 2 aliphatic rings. The van der Waals surface area contributed by atoms with Crippen LogP contribution in [0.2, 0.25) is 0 Å². The Labute approximate surface area is 222 Å². The van der Waals surface area contributed by atoms with Gasteiger partial charge in [-0.25, -0.2) is 14.6 Å². The van der Waals surface area contributed by atoms with Crippen LogP contribution in [0.4, 0.5) is 13.6 Å². The van der Waals surface area contributed by atoms with Crippen molar-refractivity contribution in [1.82, 2.24) is 14.8 Å². The highest BCUT2D eigenvalue weighted by Gasteiger charge is 2.40. The minimum absolute atomic E-state index is 0.0169. The standard InChI is InChI=1S/C25H30F2N4O8/c1-13(28)20-19(22(32)30-8-9-31(25(34)36-3)16(11-30)23(33)35-2)29-21(39-20)15-6-7-17(38-24(26)27)18(10-15)37-12-14-4-5-14/h6-7,10,13-14,16,24H,4-5,8-9,11-12,28H2,1-3H3/t13-,16?/m0/s1. The van der Waals surface area contributed by atoms with E-state index >= 15 is 0 Å². The van der Waals surface area contributed by atoms with Crippen molar-refractivity contribution in [1.29, 1.82) is 0 Å². The molecule has 1 saturated carbocycles. The highest BCUT2D eigenvalue weighted by Crippen LogP contribution is 2.37. The van der Waals surface area contributed by atoms with Crippen LogP contribution in [-0.4, -0.2) is 85.9 Å². The Balaban J connectivity index is 1.62. The highest BCUT2D eigenvalue weighted by atomic mass is 19.3. The number of oxazole rings is 1.